The summed E-state index contributed by atoms with van der Waals surface area (Å²) in [5.74, 6) is 1.30. The molecule has 0 aliphatic heterocycles. The first-order chi connectivity index (χ1) is 6.48. The van der Waals surface area contributed by atoms with Gasteiger partial charge in [0.05, 0.1) is 5.56 Å². The Kier molecular flexibility index (Phi) is 1.97. The van der Waals surface area contributed by atoms with Gasteiger partial charge in [-0.3, -0.25) is 0 Å². The molecule has 1 aliphatic carbocycles. The Morgan fingerprint density at radius 2 is 1.79 bits per heavy atom. The first-order valence-corrected chi connectivity index (χ1v) is 4.37. The monoisotopic (exact) mass is 202 g/mol. The van der Waals surface area contributed by atoms with Gasteiger partial charge in [0.2, 0.25) is 0 Å². The fourth-order valence-electron chi connectivity index (χ4n) is 1.36. The highest BCUT2D eigenvalue weighted by atomic mass is 19.4. The molecule has 0 spiro atoms. The number of rotatable bonds is 1. The minimum atomic E-state index is -4.34. The van der Waals surface area contributed by atoms with Crippen molar-refractivity contribution in [2.75, 3.05) is 0 Å². The van der Waals surface area contributed by atoms with Crippen LogP contribution in [0.4, 0.5) is 13.2 Å². The number of hydrogen-bond acceptors (Lipinski definition) is 2. The van der Waals surface area contributed by atoms with Crippen molar-refractivity contribution >= 4 is 0 Å². The predicted octanol–water partition coefficient (Wildman–Crippen LogP) is 2.62. The van der Waals surface area contributed by atoms with Gasteiger partial charge in [0, 0.05) is 18.3 Å². The van der Waals surface area contributed by atoms with Crippen LogP contribution in [-0.4, -0.2) is 9.97 Å². The summed E-state index contributed by atoms with van der Waals surface area (Å²) in [4.78, 5) is 7.45. The van der Waals surface area contributed by atoms with Crippen LogP contribution in [0.25, 0.3) is 0 Å². The average molecular weight is 202 g/mol. The molecule has 1 saturated carbocycles. The third-order valence-electron chi connectivity index (χ3n) is 2.44. The molecule has 1 fully saturated rings. The van der Waals surface area contributed by atoms with E-state index in [1.54, 1.807) is 0 Å². The second-order valence-corrected chi connectivity index (χ2v) is 3.65. The summed E-state index contributed by atoms with van der Waals surface area (Å²) in [5, 5.41) is 0. The van der Waals surface area contributed by atoms with E-state index in [1.165, 1.54) is 0 Å². The third kappa shape index (κ3) is 1.71. The van der Waals surface area contributed by atoms with E-state index in [-0.39, 0.29) is 5.92 Å². The Labute approximate surface area is 79.2 Å². The van der Waals surface area contributed by atoms with Gasteiger partial charge < -0.3 is 0 Å². The van der Waals surface area contributed by atoms with Crippen molar-refractivity contribution in [3.8, 4) is 0 Å². The fourth-order valence-corrected chi connectivity index (χ4v) is 1.36. The summed E-state index contributed by atoms with van der Waals surface area (Å²) in [6.07, 6.45) is -1.65. The topological polar surface area (TPSA) is 25.8 Å². The number of nitrogens with zero attached hydrogens (tertiary/aromatic N) is 2. The molecule has 0 bridgehead atoms. The van der Waals surface area contributed by atoms with Crippen LogP contribution < -0.4 is 0 Å². The highest BCUT2D eigenvalue weighted by molar-refractivity contribution is 5.14. The molecule has 1 aromatic heterocycles. The van der Waals surface area contributed by atoms with Crippen LogP contribution in [0, 0.1) is 5.92 Å². The normalized spacial score (nSPS) is 26.3. The molecule has 14 heavy (non-hydrogen) atoms. The Balaban J connectivity index is 2.18. The zero-order valence-corrected chi connectivity index (χ0v) is 7.54. The van der Waals surface area contributed by atoms with Crippen LogP contribution in [0.2, 0.25) is 0 Å². The van der Waals surface area contributed by atoms with Crippen molar-refractivity contribution < 1.29 is 13.2 Å². The minimum Gasteiger partial charge on any atom is -0.240 e. The van der Waals surface area contributed by atoms with Gasteiger partial charge in [-0.2, -0.15) is 13.2 Å². The van der Waals surface area contributed by atoms with Crippen LogP contribution in [0.5, 0.6) is 0 Å². The van der Waals surface area contributed by atoms with Crippen LogP contribution in [0.1, 0.15) is 30.7 Å². The summed E-state index contributed by atoms with van der Waals surface area (Å²) < 4.78 is 36.4. The lowest BCUT2D eigenvalue weighted by Gasteiger charge is -2.05. The van der Waals surface area contributed by atoms with E-state index in [0.717, 1.165) is 18.8 Å². The van der Waals surface area contributed by atoms with Gasteiger partial charge in [0.25, 0.3) is 0 Å². The van der Waals surface area contributed by atoms with Gasteiger partial charge >= 0.3 is 6.18 Å². The second kappa shape index (κ2) is 2.93. The zero-order valence-electron chi connectivity index (χ0n) is 7.54. The fraction of sp³-hybridized carbons (Fsp3) is 0.556. The molecule has 5 heteroatoms. The molecular formula is C9H9F3N2. The van der Waals surface area contributed by atoms with Crippen molar-refractivity contribution in [1.82, 2.24) is 9.97 Å². The summed E-state index contributed by atoms with van der Waals surface area (Å²) in [5.41, 5.74) is -0.783. The lowest BCUT2D eigenvalue weighted by atomic mass is 10.3. The number of alkyl halides is 3. The SMILES string of the molecule is C[C@H]1C[C@@H]1c1ncc(C(F)(F)F)cn1. The summed E-state index contributed by atoms with van der Waals surface area (Å²) in [6, 6.07) is 0. The second-order valence-electron chi connectivity index (χ2n) is 3.65. The molecule has 76 valence electrons. The van der Waals surface area contributed by atoms with Crippen molar-refractivity contribution in [3.63, 3.8) is 0 Å². The average Bonchev–Trinajstić information content (AvgIpc) is 2.81. The molecule has 0 saturated heterocycles. The lowest BCUT2D eigenvalue weighted by Crippen LogP contribution is -2.07. The molecule has 1 aromatic rings. The number of hydrogen-bond donors (Lipinski definition) is 0. The molecule has 0 unspecified atom stereocenters. The Bertz CT molecular complexity index is 331. The summed E-state index contributed by atoms with van der Waals surface area (Å²) >= 11 is 0. The van der Waals surface area contributed by atoms with Crippen molar-refractivity contribution in [3.05, 3.63) is 23.8 Å². The number of halogens is 3. The maximum atomic E-state index is 12.1. The molecule has 0 aromatic carbocycles. The first kappa shape index (κ1) is 9.43. The van der Waals surface area contributed by atoms with Crippen LogP contribution in [0.15, 0.2) is 12.4 Å². The molecule has 1 aliphatic rings. The van der Waals surface area contributed by atoms with Gasteiger partial charge in [-0.1, -0.05) is 6.92 Å². The highest BCUT2D eigenvalue weighted by Gasteiger charge is 2.37. The molecule has 0 amide bonds. The first-order valence-electron chi connectivity index (χ1n) is 4.37. The summed E-state index contributed by atoms with van der Waals surface area (Å²) in [7, 11) is 0. The maximum absolute atomic E-state index is 12.1. The molecule has 2 atom stereocenters. The van der Waals surface area contributed by atoms with Gasteiger partial charge in [-0.15, -0.1) is 0 Å². The predicted molar refractivity (Wildman–Crippen MR) is 43.6 cm³/mol. The largest absolute Gasteiger partial charge is 0.419 e. The van der Waals surface area contributed by atoms with E-state index >= 15 is 0 Å². The smallest absolute Gasteiger partial charge is 0.240 e. The van der Waals surface area contributed by atoms with Crippen molar-refractivity contribution in [1.29, 1.82) is 0 Å². The van der Waals surface area contributed by atoms with Gasteiger partial charge in [0.15, 0.2) is 0 Å². The quantitative estimate of drug-likeness (QED) is 0.699. The number of aromatic nitrogens is 2. The van der Waals surface area contributed by atoms with E-state index in [9.17, 15) is 13.2 Å². The van der Waals surface area contributed by atoms with Gasteiger partial charge in [-0.05, 0) is 12.3 Å². The van der Waals surface area contributed by atoms with Crippen molar-refractivity contribution in [2.45, 2.75) is 25.4 Å². The lowest BCUT2D eigenvalue weighted by molar-refractivity contribution is -0.138. The molecule has 0 N–H and O–H groups in total. The molecule has 2 rings (SSSR count). The molecule has 2 nitrogen and oxygen atoms in total. The van der Waals surface area contributed by atoms with E-state index in [2.05, 4.69) is 9.97 Å². The Morgan fingerprint density at radius 3 is 2.14 bits per heavy atom. The molecule has 0 radical (unpaired) electrons. The molecular weight excluding hydrogens is 193 g/mol. The van der Waals surface area contributed by atoms with Gasteiger partial charge in [-0.25, -0.2) is 9.97 Å². The standard InChI is InChI=1S/C9H9F3N2/c1-5-2-7(5)8-13-3-6(4-14-8)9(10,11)12/h3-5,7H,2H2,1H3/t5-,7-/m0/s1. The minimum absolute atomic E-state index is 0.261. The van der Waals surface area contributed by atoms with Gasteiger partial charge in [0.1, 0.15) is 5.82 Å². The summed E-state index contributed by atoms with van der Waals surface area (Å²) in [6.45, 7) is 2.03. The van der Waals surface area contributed by atoms with Crippen LogP contribution in [0.3, 0.4) is 0 Å². The third-order valence-corrected chi connectivity index (χ3v) is 2.44. The zero-order chi connectivity index (χ0) is 10.3. The van der Waals surface area contributed by atoms with Crippen molar-refractivity contribution in [2.24, 2.45) is 5.92 Å². The van der Waals surface area contributed by atoms with Crippen LogP contribution >= 0.6 is 0 Å². The molecule has 1 heterocycles. The van der Waals surface area contributed by atoms with E-state index in [0.29, 0.717) is 11.7 Å². The Hall–Kier alpha value is -1.13. The van der Waals surface area contributed by atoms with E-state index in [4.69, 9.17) is 0 Å². The van der Waals surface area contributed by atoms with Crippen LogP contribution in [-0.2, 0) is 6.18 Å². The maximum Gasteiger partial charge on any atom is 0.419 e. The Morgan fingerprint density at radius 1 is 1.29 bits per heavy atom. The van der Waals surface area contributed by atoms with E-state index in [1.807, 2.05) is 6.92 Å². The highest BCUT2D eigenvalue weighted by Crippen LogP contribution is 2.45. The van der Waals surface area contributed by atoms with E-state index < -0.39 is 11.7 Å².